The van der Waals surface area contributed by atoms with Crippen molar-refractivity contribution in [1.82, 2.24) is 24.7 Å². The van der Waals surface area contributed by atoms with E-state index in [1.807, 2.05) is 6.92 Å². The Balaban J connectivity index is 1.34. The number of alkyl halides is 1. The van der Waals surface area contributed by atoms with Crippen molar-refractivity contribution in [3.8, 4) is 0 Å². The van der Waals surface area contributed by atoms with Crippen molar-refractivity contribution in [1.29, 1.82) is 0 Å². The second-order valence-corrected chi connectivity index (χ2v) is 8.07. The minimum absolute atomic E-state index is 0.0882. The maximum Gasteiger partial charge on any atom is 0.263 e. The van der Waals surface area contributed by atoms with E-state index in [2.05, 4.69) is 20.1 Å². The van der Waals surface area contributed by atoms with Gasteiger partial charge in [0.2, 0.25) is 5.89 Å². The van der Waals surface area contributed by atoms with Gasteiger partial charge in [-0.3, -0.25) is 9.36 Å². The first-order valence-corrected chi connectivity index (χ1v) is 9.89. The Labute approximate surface area is 175 Å². The summed E-state index contributed by atoms with van der Waals surface area (Å²) in [6.45, 7) is 1.92. The van der Waals surface area contributed by atoms with Gasteiger partial charge in [-0.05, 0) is 49.1 Å². The third-order valence-corrected chi connectivity index (χ3v) is 5.80. The summed E-state index contributed by atoms with van der Waals surface area (Å²) >= 11 is 5.98. The molecule has 0 spiro atoms. The minimum Gasteiger partial charge on any atom is -0.337 e. The highest BCUT2D eigenvalue weighted by Crippen LogP contribution is 2.53. The smallest absolute Gasteiger partial charge is 0.263 e. The van der Waals surface area contributed by atoms with Crippen LogP contribution in [-0.4, -0.2) is 24.7 Å². The number of pyridine rings is 1. The predicted octanol–water partition coefficient (Wildman–Crippen LogP) is 3.93. The molecule has 0 aliphatic heterocycles. The van der Waals surface area contributed by atoms with Crippen LogP contribution in [0.15, 0.2) is 52.2 Å². The van der Waals surface area contributed by atoms with E-state index in [4.69, 9.17) is 16.1 Å². The quantitative estimate of drug-likeness (QED) is 0.492. The van der Waals surface area contributed by atoms with Gasteiger partial charge in [0, 0.05) is 17.1 Å². The zero-order valence-corrected chi connectivity index (χ0v) is 16.8. The first-order chi connectivity index (χ1) is 14.4. The van der Waals surface area contributed by atoms with Crippen LogP contribution in [0.4, 0.5) is 4.39 Å². The number of fused-ring (bicyclic) bond motifs is 1. The standard InChI is InChI=1S/C21H17ClFN5O2/c1-12-5-6-24-19-17(12)20(29)28(11-25-19)10-16-26-18(27-30-16)13-8-21(23,9-13)14-3-2-4-15(22)7-14/h2-7,11,13H,8-10H2,1H3. The fourth-order valence-corrected chi connectivity index (χ4v) is 4.08. The molecule has 1 aliphatic rings. The van der Waals surface area contributed by atoms with E-state index in [0.717, 1.165) is 5.56 Å². The van der Waals surface area contributed by atoms with Crippen molar-refractivity contribution in [2.24, 2.45) is 0 Å². The molecule has 1 aromatic carbocycles. The number of nitrogens with zero attached hydrogens (tertiary/aromatic N) is 5. The molecule has 3 heterocycles. The van der Waals surface area contributed by atoms with Crippen LogP contribution in [0.2, 0.25) is 5.02 Å². The first kappa shape index (κ1) is 18.9. The van der Waals surface area contributed by atoms with E-state index in [-0.39, 0.29) is 36.8 Å². The molecular formula is C21H17ClFN5O2. The third-order valence-electron chi connectivity index (χ3n) is 5.57. The summed E-state index contributed by atoms with van der Waals surface area (Å²) in [7, 11) is 0. The van der Waals surface area contributed by atoms with Crippen molar-refractivity contribution < 1.29 is 8.91 Å². The maximum absolute atomic E-state index is 15.1. The number of halogens is 2. The topological polar surface area (TPSA) is 86.7 Å². The van der Waals surface area contributed by atoms with Crippen molar-refractivity contribution in [3.05, 3.63) is 81.1 Å². The lowest BCUT2D eigenvalue weighted by atomic mass is 9.68. The van der Waals surface area contributed by atoms with Gasteiger partial charge in [-0.2, -0.15) is 4.98 Å². The Morgan fingerprint density at radius 3 is 2.93 bits per heavy atom. The average molecular weight is 426 g/mol. The van der Waals surface area contributed by atoms with Crippen molar-refractivity contribution in [2.45, 2.75) is 37.9 Å². The SMILES string of the molecule is Cc1ccnc2ncn(Cc3nc(C4CC(F)(c5cccc(Cl)c5)C4)no3)c(=O)c12. The Hall–Kier alpha value is -3.13. The zero-order valence-electron chi connectivity index (χ0n) is 16.0. The summed E-state index contributed by atoms with van der Waals surface area (Å²) in [5, 5.41) is 4.96. The van der Waals surface area contributed by atoms with E-state index in [1.165, 1.54) is 10.9 Å². The van der Waals surface area contributed by atoms with Gasteiger partial charge in [0.1, 0.15) is 18.5 Å². The van der Waals surface area contributed by atoms with Gasteiger partial charge in [0.25, 0.3) is 5.56 Å². The number of benzene rings is 1. The van der Waals surface area contributed by atoms with Crippen LogP contribution in [-0.2, 0) is 12.2 Å². The molecule has 0 N–H and O–H groups in total. The molecule has 4 aromatic rings. The molecule has 0 unspecified atom stereocenters. The van der Waals surface area contributed by atoms with Crippen molar-refractivity contribution in [2.75, 3.05) is 0 Å². The minimum atomic E-state index is -1.44. The van der Waals surface area contributed by atoms with E-state index < -0.39 is 5.67 Å². The second kappa shape index (κ2) is 6.98. The summed E-state index contributed by atoms with van der Waals surface area (Å²) in [6.07, 6.45) is 3.55. The normalized spacial score (nSPS) is 21.0. The molecule has 0 amide bonds. The molecule has 30 heavy (non-hydrogen) atoms. The predicted molar refractivity (Wildman–Crippen MR) is 108 cm³/mol. The Morgan fingerprint density at radius 2 is 2.13 bits per heavy atom. The number of aromatic nitrogens is 5. The number of aryl methyl sites for hydroxylation is 1. The largest absolute Gasteiger partial charge is 0.337 e. The van der Waals surface area contributed by atoms with Gasteiger partial charge < -0.3 is 4.52 Å². The van der Waals surface area contributed by atoms with Crippen LogP contribution >= 0.6 is 11.6 Å². The van der Waals surface area contributed by atoms with Gasteiger partial charge in [-0.15, -0.1) is 0 Å². The highest BCUT2D eigenvalue weighted by molar-refractivity contribution is 6.30. The molecule has 152 valence electrons. The molecule has 0 bridgehead atoms. The summed E-state index contributed by atoms with van der Waals surface area (Å²) < 4.78 is 21.9. The summed E-state index contributed by atoms with van der Waals surface area (Å²) in [5.41, 5.74) is 0.0932. The van der Waals surface area contributed by atoms with Crippen LogP contribution in [0.3, 0.4) is 0 Å². The summed E-state index contributed by atoms with van der Waals surface area (Å²) in [6, 6.07) is 8.61. The fourth-order valence-electron chi connectivity index (χ4n) is 3.89. The molecule has 1 aliphatic carbocycles. The van der Waals surface area contributed by atoms with Gasteiger partial charge in [0.05, 0.1) is 5.39 Å². The van der Waals surface area contributed by atoms with Crippen molar-refractivity contribution >= 4 is 22.6 Å². The number of hydrogen-bond donors (Lipinski definition) is 0. The number of rotatable bonds is 4. The Morgan fingerprint density at radius 1 is 1.30 bits per heavy atom. The van der Waals surface area contributed by atoms with Gasteiger partial charge in [-0.1, -0.05) is 28.9 Å². The molecule has 0 saturated heterocycles. The summed E-state index contributed by atoms with van der Waals surface area (Å²) in [5.74, 6) is 0.568. The van der Waals surface area contributed by atoms with Crippen LogP contribution < -0.4 is 5.56 Å². The molecule has 7 nitrogen and oxygen atoms in total. The highest BCUT2D eigenvalue weighted by atomic mass is 35.5. The fraction of sp³-hybridized carbons (Fsp3) is 0.286. The van der Waals surface area contributed by atoms with E-state index >= 15 is 4.39 Å². The maximum atomic E-state index is 15.1. The van der Waals surface area contributed by atoms with Crippen molar-refractivity contribution in [3.63, 3.8) is 0 Å². The molecule has 3 aromatic heterocycles. The van der Waals surface area contributed by atoms with E-state index in [9.17, 15) is 4.79 Å². The molecule has 9 heteroatoms. The lowest BCUT2D eigenvalue weighted by molar-refractivity contribution is 0.0336. The molecule has 1 saturated carbocycles. The second-order valence-electron chi connectivity index (χ2n) is 7.63. The third kappa shape index (κ3) is 3.17. The summed E-state index contributed by atoms with van der Waals surface area (Å²) in [4.78, 5) is 25.5. The van der Waals surface area contributed by atoms with E-state index in [0.29, 0.717) is 27.4 Å². The van der Waals surface area contributed by atoms with Gasteiger partial charge in [-0.25, -0.2) is 14.4 Å². The molecule has 0 radical (unpaired) electrons. The van der Waals surface area contributed by atoms with Crippen LogP contribution in [0.25, 0.3) is 11.0 Å². The Kier molecular flexibility index (Phi) is 4.39. The molecule has 1 fully saturated rings. The lowest BCUT2D eigenvalue weighted by Crippen LogP contribution is -2.36. The van der Waals surface area contributed by atoms with Gasteiger partial charge in [0.15, 0.2) is 11.5 Å². The monoisotopic (exact) mass is 425 g/mol. The van der Waals surface area contributed by atoms with Crippen LogP contribution in [0.1, 0.15) is 41.6 Å². The van der Waals surface area contributed by atoms with Gasteiger partial charge >= 0.3 is 0 Å². The highest BCUT2D eigenvalue weighted by Gasteiger charge is 2.48. The van der Waals surface area contributed by atoms with Crippen LogP contribution in [0.5, 0.6) is 0 Å². The van der Waals surface area contributed by atoms with Crippen LogP contribution in [0, 0.1) is 6.92 Å². The lowest BCUT2D eigenvalue weighted by Gasteiger charge is -2.40. The zero-order chi connectivity index (χ0) is 20.9. The first-order valence-electron chi connectivity index (χ1n) is 9.51. The molecule has 5 rings (SSSR count). The number of hydrogen-bond acceptors (Lipinski definition) is 6. The Bertz CT molecular complexity index is 1310. The molecular weight excluding hydrogens is 409 g/mol. The average Bonchev–Trinajstić information content (AvgIpc) is 3.16. The van der Waals surface area contributed by atoms with E-state index in [1.54, 1.807) is 36.5 Å². The molecule has 0 atom stereocenters.